The van der Waals surface area contributed by atoms with E-state index in [-0.39, 0.29) is 18.9 Å². The van der Waals surface area contributed by atoms with E-state index >= 15 is 0 Å². The van der Waals surface area contributed by atoms with Crippen molar-refractivity contribution in [1.29, 1.82) is 0 Å². The number of methoxy groups -OCH3 is 6. The molecule has 1 aliphatic heterocycles. The molecule has 0 spiro atoms. The standard InChI is InChI=1S/C18H22O8.C2H5O.Al.Li/c1-21-11-7-9(19)13(17(25-5)15(11)23-3)14-10(20)8-12(22-2)16(24-4)18(14)26-6;1-2-3;;/h7-8,19-20H,1-6H3;2H2,1H3;;/q;-1;+2;+1/p-2. The van der Waals surface area contributed by atoms with Gasteiger partial charge in [-0.15, -0.1) is 0 Å². The van der Waals surface area contributed by atoms with Crippen molar-refractivity contribution < 1.29 is 58.6 Å². The molecule has 0 aromatic heterocycles. The topological polar surface area (TPSA) is 83.1 Å². The first-order valence-electron chi connectivity index (χ1n) is 9.19. The van der Waals surface area contributed by atoms with Gasteiger partial charge in [-0.3, -0.25) is 0 Å². The number of hydrogen-bond acceptors (Lipinski definition) is 9. The molecule has 1 aliphatic rings. The summed E-state index contributed by atoms with van der Waals surface area (Å²) in [6.07, 6.45) is 0. The largest absolute Gasteiger partial charge is 1.00 e. The Hall–Kier alpha value is -2.07. The van der Waals surface area contributed by atoms with Crippen molar-refractivity contribution in [2.24, 2.45) is 0 Å². The summed E-state index contributed by atoms with van der Waals surface area (Å²) in [5.74, 6) is 3.41. The van der Waals surface area contributed by atoms with Crippen molar-refractivity contribution in [3.05, 3.63) is 12.1 Å². The van der Waals surface area contributed by atoms with E-state index in [9.17, 15) is 0 Å². The second-order valence-electron chi connectivity index (χ2n) is 6.02. The Morgan fingerprint density at radius 1 is 0.645 bits per heavy atom. The molecule has 3 rings (SSSR count). The Kier molecular flexibility index (Phi) is 8.93. The van der Waals surface area contributed by atoms with E-state index in [2.05, 4.69) is 0 Å². The quantitative estimate of drug-likeness (QED) is 0.532. The van der Waals surface area contributed by atoms with Crippen LogP contribution in [0.2, 0.25) is 0 Å². The molecule has 31 heavy (non-hydrogen) atoms. The molecule has 0 saturated carbocycles. The molecule has 1 heterocycles. The maximum Gasteiger partial charge on any atom is 1.00 e. The Balaban J connectivity index is 0.00000341. The van der Waals surface area contributed by atoms with Gasteiger partial charge in [-0.05, 0) is 13.5 Å². The molecule has 0 N–H and O–H groups in total. The monoisotopic (exact) mass is 443 g/mol. The van der Waals surface area contributed by atoms with E-state index in [0.717, 1.165) is 0 Å². The zero-order valence-corrected chi connectivity index (χ0v) is 20.3. The second kappa shape index (κ2) is 11.0. The normalized spacial score (nSPS) is 12.1. The van der Waals surface area contributed by atoms with Crippen LogP contribution in [0.4, 0.5) is 0 Å². The van der Waals surface area contributed by atoms with Gasteiger partial charge >= 0.3 is 34.0 Å². The SMILES string of the molecule is CC[O][Al-]1[O]c2cc(OC)c(OC)c(OC)c2-c2c(cc(OC)c(OC)c2OC)[O]1.[Li+]. The molecular weight excluding hydrogens is 418 g/mol. The van der Waals surface area contributed by atoms with Gasteiger partial charge in [0.15, 0.2) is 23.0 Å². The van der Waals surface area contributed by atoms with Crippen LogP contribution in [0, 0.1) is 0 Å². The van der Waals surface area contributed by atoms with Gasteiger partial charge in [0.05, 0.1) is 65.3 Å². The van der Waals surface area contributed by atoms with E-state index in [4.69, 9.17) is 39.8 Å². The van der Waals surface area contributed by atoms with Crippen LogP contribution in [0.15, 0.2) is 12.1 Å². The zero-order chi connectivity index (χ0) is 21.8. The maximum absolute atomic E-state index is 6.15. The molecule has 0 fully saturated rings. The van der Waals surface area contributed by atoms with Gasteiger partial charge in [0, 0.05) is 12.1 Å². The maximum atomic E-state index is 6.15. The first-order chi connectivity index (χ1) is 14.6. The number of hydrogen-bond donors (Lipinski definition) is 0. The summed E-state index contributed by atoms with van der Waals surface area (Å²) in [4.78, 5) is 0. The molecule has 0 bridgehead atoms. The van der Waals surface area contributed by atoms with Crippen LogP contribution in [0.1, 0.15) is 6.92 Å². The van der Waals surface area contributed by atoms with Gasteiger partial charge in [-0.25, -0.2) is 0 Å². The van der Waals surface area contributed by atoms with Gasteiger partial charge in [0.1, 0.15) is 0 Å². The summed E-state index contributed by atoms with van der Waals surface area (Å²) >= 11 is -2.63. The van der Waals surface area contributed by atoms with Crippen LogP contribution >= 0.6 is 0 Å². The van der Waals surface area contributed by atoms with Gasteiger partial charge in [0.25, 0.3) is 0 Å². The third kappa shape index (κ3) is 4.45. The third-order valence-electron chi connectivity index (χ3n) is 4.59. The number of benzene rings is 2. The van der Waals surface area contributed by atoms with Gasteiger partial charge in [0.2, 0.25) is 11.5 Å². The number of ether oxygens (including phenoxy) is 6. The van der Waals surface area contributed by atoms with E-state index in [0.29, 0.717) is 63.7 Å². The van der Waals surface area contributed by atoms with Crippen molar-refractivity contribution >= 4 is 15.1 Å². The van der Waals surface area contributed by atoms with E-state index in [1.807, 2.05) is 6.92 Å². The molecule has 2 aromatic carbocycles. The van der Waals surface area contributed by atoms with Crippen molar-refractivity contribution in [3.8, 4) is 57.1 Å². The van der Waals surface area contributed by atoms with Crippen molar-refractivity contribution in [2.45, 2.75) is 6.92 Å². The minimum Gasteiger partial charge on any atom is -0.763 e. The van der Waals surface area contributed by atoms with E-state index < -0.39 is 15.1 Å². The molecule has 1 radical (unpaired) electrons. The first kappa shape index (κ1) is 25.2. The number of rotatable bonds is 8. The molecule has 2 aromatic rings. The minimum atomic E-state index is -2.63. The molecule has 0 unspecified atom stereocenters. The summed E-state index contributed by atoms with van der Waals surface area (Å²) in [6, 6.07) is 3.43. The fourth-order valence-electron chi connectivity index (χ4n) is 3.36. The Bertz CT molecular complexity index is 851. The molecule has 163 valence electrons. The Morgan fingerprint density at radius 3 is 1.32 bits per heavy atom. The molecule has 11 heteroatoms. The molecule has 0 aliphatic carbocycles. The molecular formula is C20H25AlLiO9. The van der Waals surface area contributed by atoms with Crippen LogP contribution < -0.4 is 54.9 Å². The summed E-state index contributed by atoms with van der Waals surface area (Å²) in [5.41, 5.74) is 1.13. The van der Waals surface area contributed by atoms with Crippen LogP contribution in [0.5, 0.6) is 46.0 Å². The smallest absolute Gasteiger partial charge is 0.763 e. The summed E-state index contributed by atoms with van der Waals surface area (Å²) in [7, 11) is 9.21. The Morgan fingerprint density at radius 2 is 1.03 bits per heavy atom. The summed E-state index contributed by atoms with van der Waals surface area (Å²) in [5, 5.41) is 0. The summed E-state index contributed by atoms with van der Waals surface area (Å²) < 4.78 is 51.6. The Labute approximate surface area is 198 Å². The second-order valence-corrected chi connectivity index (χ2v) is 7.40. The summed E-state index contributed by atoms with van der Waals surface area (Å²) in [6.45, 7) is 2.30. The molecule has 0 amide bonds. The number of fused-ring (bicyclic) bond motifs is 3. The van der Waals surface area contributed by atoms with Gasteiger partial charge in [-0.1, -0.05) is 0 Å². The van der Waals surface area contributed by atoms with Gasteiger partial charge in [-0.2, -0.15) is 0 Å². The fourth-order valence-corrected chi connectivity index (χ4v) is 4.61. The average Bonchev–Trinajstić information content (AvgIpc) is 2.92. The molecule has 0 atom stereocenters. The van der Waals surface area contributed by atoms with Crippen molar-refractivity contribution in [2.75, 3.05) is 49.3 Å². The van der Waals surface area contributed by atoms with Crippen molar-refractivity contribution in [3.63, 3.8) is 0 Å². The predicted molar refractivity (Wildman–Crippen MR) is 110 cm³/mol. The van der Waals surface area contributed by atoms with E-state index in [1.54, 1.807) is 12.1 Å². The predicted octanol–water partition coefficient (Wildman–Crippen LogP) is 0.202. The average molecular weight is 443 g/mol. The molecule has 9 nitrogen and oxygen atoms in total. The van der Waals surface area contributed by atoms with Crippen LogP contribution in [-0.2, 0) is 3.79 Å². The fraction of sp³-hybridized carbons (Fsp3) is 0.400. The minimum absolute atomic E-state index is 0. The van der Waals surface area contributed by atoms with E-state index in [1.165, 1.54) is 42.7 Å². The third-order valence-corrected chi connectivity index (χ3v) is 6.09. The zero-order valence-electron chi connectivity index (χ0n) is 19.1. The first-order valence-corrected chi connectivity index (χ1v) is 10.6. The van der Waals surface area contributed by atoms with Crippen LogP contribution in [0.25, 0.3) is 11.1 Å². The van der Waals surface area contributed by atoms with Crippen molar-refractivity contribution in [1.82, 2.24) is 0 Å². The van der Waals surface area contributed by atoms with Gasteiger partial charge < -0.3 is 39.8 Å². The van der Waals surface area contributed by atoms with Crippen LogP contribution in [-0.4, -0.2) is 64.4 Å². The van der Waals surface area contributed by atoms with Crippen LogP contribution in [0.3, 0.4) is 0 Å². The molecule has 0 saturated heterocycles.